The second-order valence-electron chi connectivity index (χ2n) is 4.36. The van der Waals surface area contributed by atoms with Gasteiger partial charge in [0.25, 0.3) is 0 Å². The fourth-order valence-electron chi connectivity index (χ4n) is 1.88. The van der Waals surface area contributed by atoms with Crippen molar-refractivity contribution in [3.8, 4) is 22.8 Å². The van der Waals surface area contributed by atoms with Gasteiger partial charge in [-0.15, -0.1) is 0 Å². The van der Waals surface area contributed by atoms with Crippen LogP contribution in [0.5, 0.6) is 0 Å². The minimum Gasteiger partial charge on any atom is -0.461 e. The molecule has 0 atom stereocenters. The lowest BCUT2D eigenvalue weighted by atomic mass is 10.1. The van der Waals surface area contributed by atoms with Crippen molar-refractivity contribution in [1.29, 1.82) is 0 Å². The SMILES string of the molecule is Cc1ccc(-c2cc(=O)cc(-c3ccco3)o2)cc1. The van der Waals surface area contributed by atoms with Gasteiger partial charge in [0.2, 0.25) is 0 Å². The number of benzene rings is 1. The highest BCUT2D eigenvalue weighted by Crippen LogP contribution is 2.25. The maximum absolute atomic E-state index is 11.7. The first-order valence-corrected chi connectivity index (χ1v) is 5.98. The third-order valence-corrected chi connectivity index (χ3v) is 2.87. The predicted molar refractivity (Wildman–Crippen MR) is 72.9 cm³/mol. The topological polar surface area (TPSA) is 43.4 Å². The van der Waals surface area contributed by atoms with Crippen LogP contribution in [0.15, 0.2) is 68.4 Å². The zero-order chi connectivity index (χ0) is 13.2. The fraction of sp³-hybridized carbons (Fsp3) is 0.0625. The van der Waals surface area contributed by atoms with Gasteiger partial charge < -0.3 is 8.83 Å². The second kappa shape index (κ2) is 4.61. The third-order valence-electron chi connectivity index (χ3n) is 2.87. The van der Waals surface area contributed by atoms with Crippen molar-refractivity contribution < 1.29 is 8.83 Å². The number of hydrogen-bond donors (Lipinski definition) is 0. The largest absolute Gasteiger partial charge is 0.461 e. The molecule has 2 heterocycles. The maximum Gasteiger partial charge on any atom is 0.186 e. The zero-order valence-corrected chi connectivity index (χ0v) is 10.4. The Bertz CT molecular complexity index is 734. The average Bonchev–Trinajstić information content (AvgIpc) is 2.93. The molecule has 0 aliphatic rings. The van der Waals surface area contributed by atoms with Crippen molar-refractivity contribution in [2.45, 2.75) is 6.92 Å². The summed E-state index contributed by atoms with van der Waals surface area (Å²) in [5.41, 5.74) is 1.93. The summed E-state index contributed by atoms with van der Waals surface area (Å²) in [4.78, 5) is 11.7. The van der Waals surface area contributed by atoms with E-state index >= 15 is 0 Å². The van der Waals surface area contributed by atoms with E-state index < -0.39 is 0 Å². The molecule has 3 heteroatoms. The molecule has 0 saturated heterocycles. The summed E-state index contributed by atoms with van der Waals surface area (Å²) in [6, 6.07) is 14.3. The Hall–Kier alpha value is -2.55. The van der Waals surface area contributed by atoms with E-state index in [9.17, 15) is 4.79 Å². The molecule has 1 aromatic carbocycles. The van der Waals surface area contributed by atoms with Crippen LogP contribution in [0.3, 0.4) is 0 Å². The van der Waals surface area contributed by atoms with E-state index in [1.807, 2.05) is 31.2 Å². The van der Waals surface area contributed by atoms with E-state index in [1.165, 1.54) is 12.1 Å². The van der Waals surface area contributed by atoms with Gasteiger partial charge >= 0.3 is 0 Å². The monoisotopic (exact) mass is 252 g/mol. The maximum atomic E-state index is 11.7. The lowest BCUT2D eigenvalue weighted by molar-refractivity contribution is 0.522. The van der Waals surface area contributed by atoms with Gasteiger partial charge in [-0.3, -0.25) is 4.79 Å². The van der Waals surface area contributed by atoms with Crippen LogP contribution in [0.2, 0.25) is 0 Å². The molecule has 0 aliphatic heterocycles. The summed E-state index contributed by atoms with van der Waals surface area (Å²) in [5, 5.41) is 0. The highest BCUT2D eigenvalue weighted by Gasteiger charge is 2.08. The molecule has 2 aromatic heterocycles. The Labute approximate surface area is 110 Å². The number of furan rings is 1. The van der Waals surface area contributed by atoms with Gasteiger partial charge in [0.15, 0.2) is 16.9 Å². The molecular weight excluding hydrogens is 240 g/mol. The first-order valence-electron chi connectivity index (χ1n) is 5.98. The standard InChI is InChI=1S/C16H12O3/c1-11-4-6-12(7-5-11)15-9-13(17)10-16(19-15)14-3-2-8-18-14/h2-10H,1H3. The van der Waals surface area contributed by atoms with Crippen LogP contribution in [0, 0.1) is 6.92 Å². The summed E-state index contributed by atoms with van der Waals surface area (Å²) < 4.78 is 11.0. The average molecular weight is 252 g/mol. The van der Waals surface area contributed by atoms with Crippen molar-refractivity contribution in [3.05, 3.63) is 70.6 Å². The predicted octanol–water partition coefficient (Wildman–Crippen LogP) is 3.88. The zero-order valence-electron chi connectivity index (χ0n) is 10.4. The van der Waals surface area contributed by atoms with E-state index in [2.05, 4.69) is 0 Å². The Morgan fingerprint density at radius 2 is 1.63 bits per heavy atom. The van der Waals surface area contributed by atoms with E-state index in [0.717, 1.165) is 11.1 Å². The smallest absolute Gasteiger partial charge is 0.186 e. The summed E-state index contributed by atoms with van der Waals surface area (Å²) in [7, 11) is 0. The van der Waals surface area contributed by atoms with Crippen molar-refractivity contribution in [2.24, 2.45) is 0 Å². The van der Waals surface area contributed by atoms with Gasteiger partial charge in [0.05, 0.1) is 6.26 Å². The fourth-order valence-corrected chi connectivity index (χ4v) is 1.88. The Morgan fingerprint density at radius 3 is 2.32 bits per heavy atom. The Morgan fingerprint density at radius 1 is 0.895 bits per heavy atom. The van der Waals surface area contributed by atoms with Crippen LogP contribution in [0.1, 0.15) is 5.56 Å². The second-order valence-corrected chi connectivity index (χ2v) is 4.36. The molecule has 0 amide bonds. The third kappa shape index (κ3) is 2.36. The van der Waals surface area contributed by atoms with Crippen LogP contribution < -0.4 is 5.43 Å². The first-order chi connectivity index (χ1) is 9.22. The summed E-state index contributed by atoms with van der Waals surface area (Å²) in [6.07, 6.45) is 1.55. The molecule has 3 rings (SSSR count). The molecule has 0 radical (unpaired) electrons. The normalized spacial score (nSPS) is 10.6. The number of rotatable bonds is 2. The molecule has 0 bridgehead atoms. The van der Waals surface area contributed by atoms with Crippen molar-refractivity contribution >= 4 is 0 Å². The van der Waals surface area contributed by atoms with Crippen LogP contribution in [0.25, 0.3) is 22.8 Å². The van der Waals surface area contributed by atoms with Crippen LogP contribution in [-0.2, 0) is 0 Å². The van der Waals surface area contributed by atoms with Crippen molar-refractivity contribution in [2.75, 3.05) is 0 Å². The lowest BCUT2D eigenvalue weighted by Crippen LogP contribution is -1.98. The molecule has 0 fully saturated rings. The highest BCUT2D eigenvalue weighted by molar-refractivity contribution is 5.60. The molecule has 0 saturated carbocycles. The first kappa shape index (κ1) is 11.5. The van der Waals surface area contributed by atoms with Crippen LogP contribution >= 0.6 is 0 Å². The molecule has 0 unspecified atom stereocenters. The van der Waals surface area contributed by atoms with Gasteiger partial charge in [-0.25, -0.2) is 0 Å². The summed E-state index contributed by atoms with van der Waals surface area (Å²) >= 11 is 0. The summed E-state index contributed by atoms with van der Waals surface area (Å²) in [6.45, 7) is 2.01. The molecule has 94 valence electrons. The molecule has 0 spiro atoms. The molecular formula is C16H12O3. The van der Waals surface area contributed by atoms with Crippen LogP contribution in [-0.4, -0.2) is 0 Å². The minimum absolute atomic E-state index is 0.103. The van der Waals surface area contributed by atoms with Gasteiger partial charge in [-0.1, -0.05) is 29.8 Å². The Balaban J connectivity index is 2.12. The molecule has 0 N–H and O–H groups in total. The molecule has 3 aromatic rings. The van der Waals surface area contributed by atoms with E-state index in [-0.39, 0.29) is 5.43 Å². The van der Waals surface area contributed by atoms with E-state index in [1.54, 1.807) is 18.4 Å². The van der Waals surface area contributed by atoms with E-state index in [0.29, 0.717) is 17.3 Å². The quantitative estimate of drug-likeness (QED) is 0.695. The van der Waals surface area contributed by atoms with Gasteiger partial charge in [-0.2, -0.15) is 0 Å². The highest BCUT2D eigenvalue weighted by atomic mass is 16.4. The van der Waals surface area contributed by atoms with Gasteiger partial charge in [-0.05, 0) is 19.1 Å². The van der Waals surface area contributed by atoms with Crippen molar-refractivity contribution in [3.63, 3.8) is 0 Å². The lowest BCUT2D eigenvalue weighted by Gasteiger charge is -2.03. The summed E-state index contributed by atoms with van der Waals surface area (Å²) in [5.74, 6) is 1.53. The molecule has 0 aliphatic carbocycles. The number of hydrogen-bond acceptors (Lipinski definition) is 3. The molecule has 19 heavy (non-hydrogen) atoms. The van der Waals surface area contributed by atoms with Gasteiger partial charge in [0.1, 0.15) is 5.76 Å². The minimum atomic E-state index is -0.103. The van der Waals surface area contributed by atoms with Crippen LogP contribution in [0.4, 0.5) is 0 Å². The van der Waals surface area contributed by atoms with Gasteiger partial charge in [0, 0.05) is 17.7 Å². The molecule has 3 nitrogen and oxygen atoms in total. The Kier molecular flexibility index (Phi) is 2.80. The number of aryl methyl sites for hydroxylation is 1. The van der Waals surface area contributed by atoms with E-state index in [4.69, 9.17) is 8.83 Å². The van der Waals surface area contributed by atoms with Crippen molar-refractivity contribution in [1.82, 2.24) is 0 Å².